The average Bonchev–Trinajstić information content (AvgIpc) is 2.31. The summed E-state index contributed by atoms with van der Waals surface area (Å²) in [7, 11) is 1.70. The lowest BCUT2D eigenvalue weighted by molar-refractivity contribution is 0.163. The zero-order valence-electron chi connectivity index (χ0n) is 6.54. The molecule has 0 aliphatic carbocycles. The zero-order chi connectivity index (χ0) is 8.27. The molecule has 4 nitrogen and oxygen atoms in total. The Morgan fingerprint density at radius 2 is 2.73 bits per heavy atom. The topological polar surface area (TPSA) is 41.6 Å². The van der Waals surface area contributed by atoms with Crippen molar-refractivity contribution in [2.75, 3.05) is 20.2 Å². The van der Waals surface area contributed by atoms with Gasteiger partial charge in [0.05, 0.1) is 0 Å². The number of rotatable bonds is 3. The molecule has 0 aromatic carbocycles. The molecule has 1 atom stereocenters. The van der Waals surface area contributed by atoms with Crippen LogP contribution in [0.25, 0.3) is 0 Å². The van der Waals surface area contributed by atoms with Gasteiger partial charge in [0, 0.05) is 13.6 Å². The summed E-state index contributed by atoms with van der Waals surface area (Å²) in [5.41, 5.74) is 0. The predicted molar refractivity (Wildman–Crippen MR) is 41.1 cm³/mol. The van der Waals surface area contributed by atoms with Crippen molar-refractivity contribution in [3.8, 4) is 0 Å². The van der Waals surface area contributed by atoms with Crippen LogP contribution in [0, 0.1) is 0 Å². The van der Waals surface area contributed by atoms with Crippen molar-refractivity contribution in [3.05, 3.63) is 12.7 Å². The molecule has 1 amide bonds. The highest BCUT2D eigenvalue weighted by Gasteiger charge is 2.28. The summed E-state index contributed by atoms with van der Waals surface area (Å²) < 4.78 is 4.76. The van der Waals surface area contributed by atoms with Crippen molar-refractivity contribution >= 4 is 6.09 Å². The van der Waals surface area contributed by atoms with E-state index in [9.17, 15) is 4.79 Å². The number of nitrogens with zero attached hydrogens (tertiary/aromatic N) is 1. The number of hydrogen-bond acceptors (Lipinski definition) is 3. The quantitative estimate of drug-likeness (QED) is 0.592. The number of cyclic esters (lactones) is 1. The van der Waals surface area contributed by atoms with Gasteiger partial charge in [-0.1, -0.05) is 6.08 Å². The Hall–Kier alpha value is -1.03. The molecule has 1 fully saturated rings. The van der Waals surface area contributed by atoms with Crippen LogP contribution < -0.4 is 5.32 Å². The molecule has 4 heteroatoms. The Balaban J connectivity index is 2.35. The van der Waals surface area contributed by atoms with Crippen LogP contribution in [0.2, 0.25) is 0 Å². The first-order valence-corrected chi connectivity index (χ1v) is 3.49. The SMILES string of the molecule is C=CCNC1COC(=O)N1C. The summed E-state index contributed by atoms with van der Waals surface area (Å²) in [6, 6.07) is 0. The summed E-state index contributed by atoms with van der Waals surface area (Å²) in [5.74, 6) is 0. The molecule has 0 spiro atoms. The smallest absolute Gasteiger partial charge is 0.411 e. The van der Waals surface area contributed by atoms with Gasteiger partial charge in [0.15, 0.2) is 0 Å². The molecule has 1 aliphatic rings. The van der Waals surface area contributed by atoms with Crippen LogP contribution in [-0.2, 0) is 4.74 Å². The molecule has 1 rings (SSSR count). The van der Waals surface area contributed by atoms with E-state index in [1.807, 2.05) is 0 Å². The largest absolute Gasteiger partial charge is 0.446 e. The van der Waals surface area contributed by atoms with E-state index in [0.29, 0.717) is 13.2 Å². The third kappa shape index (κ3) is 1.71. The van der Waals surface area contributed by atoms with Crippen LogP contribution in [0.5, 0.6) is 0 Å². The molecule has 0 radical (unpaired) electrons. The van der Waals surface area contributed by atoms with E-state index < -0.39 is 0 Å². The second kappa shape index (κ2) is 3.39. The average molecular weight is 156 g/mol. The highest BCUT2D eigenvalue weighted by atomic mass is 16.6. The van der Waals surface area contributed by atoms with Crippen LogP contribution in [0.15, 0.2) is 12.7 Å². The van der Waals surface area contributed by atoms with Gasteiger partial charge in [-0.15, -0.1) is 6.58 Å². The molecular weight excluding hydrogens is 144 g/mol. The summed E-state index contributed by atoms with van der Waals surface area (Å²) in [4.78, 5) is 12.3. The Bertz CT molecular complexity index is 170. The molecule has 1 heterocycles. The Morgan fingerprint density at radius 3 is 3.18 bits per heavy atom. The number of nitrogens with one attached hydrogen (secondary N) is 1. The molecular formula is C7H12N2O2. The van der Waals surface area contributed by atoms with Gasteiger partial charge in [-0.3, -0.25) is 10.2 Å². The molecule has 1 unspecified atom stereocenters. The first kappa shape index (κ1) is 8.07. The summed E-state index contributed by atoms with van der Waals surface area (Å²) in [5, 5.41) is 3.07. The predicted octanol–water partition coefficient (Wildman–Crippen LogP) is 0.170. The standard InChI is InChI=1S/C7H12N2O2/c1-3-4-8-6-5-11-7(10)9(6)2/h3,6,8H,1,4-5H2,2H3. The fraction of sp³-hybridized carbons (Fsp3) is 0.571. The van der Waals surface area contributed by atoms with Gasteiger partial charge in [-0.25, -0.2) is 4.79 Å². The van der Waals surface area contributed by atoms with Gasteiger partial charge in [-0.2, -0.15) is 0 Å². The number of ether oxygens (including phenoxy) is 1. The highest BCUT2D eigenvalue weighted by Crippen LogP contribution is 2.05. The van der Waals surface area contributed by atoms with Crippen LogP contribution >= 0.6 is 0 Å². The molecule has 0 bridgehead atoms. The molecule has 0 aromatic heterocycles. The van der Waals surface area contributed by atoms with E-state index >= 15 is 0 Å². The lowest BCUT2D eigenvalue weighted by Gasteiger charge is -2.15. The molecule has 0 aromatic rings. The van der Waals surface area contributed by atoms with Crippen molar-refractivity contribution in [1.29, 1.82) is 0 Å². The minimum absolute atomic E-state index is 0.000463. The first-order valence-electron chi connectivity index (χ1n) is 3.49. The zero-order valence-corrected chi connectivity index (χ0v) is 6.54. The molecule has 11 heavy (non-hydrogen) atoms. The summed E-state index contributed by atoms with van der Waals surface area (Å²) in [6.07, 6.45) is 1.48. The van der Waals surface area contributed by atoms with E-state index in [0.717, 1.165) is 0 Å². The lowest BCUT2D eigenvalue weighted by Crippen LogP contribution is -2.41. The number of likely N-dealkylation sites (N-methyl/N-ethyl adjacent to an activating group) is 1. The van der Waals surface area contributed by atoms with Gasteiger partial charge in [0.1, 0.15) is 12.8 Å². The fourth-order valence-electron chi connectivity index (χ4n) is 0.906. The van der Waals surface area contributed by atoms with Gasteiger partial charge >= 0.3 is 6.09 Å². The van der Waals surface area contributed by atoms with E-state index in [-0.39, 0.29) is 12.3 Å². The maximum absolute atomic E-state index is 10.8. The maximum Gasteiger partial charge on any atom is 0.411 e. The third-order valence-electron chi connectivity index (χ3n) is 1.62. The normalized spacial score (nSPS) is 23.5. The lowest BCUT2D eigenvalue weighted by atomic mass is 10.4. The van der Waals surface area contributed by atoms with E-state index in [1.165, 1.54) is 4.90 Å². The van der Waals surface area contributed by atoms with Crippen LogP contribution in [0.3, 0.4) is 0 Å². The van der Waals surface area contributed by atoms with Crippen LogP contribution in [0.4, 0.5) is 4.79 Å². The van der Waals surface area contributed by atoms with E-state index in [2.05, 4.69) is 11.9 Å². The van der Waals surface area contributed by atoms with E-state index in [4.69, 9.17) is 4.74 Å². The monoisotopic (exact) mass is 156 g/mol. The van der Waals surface area contributed by atoms with Gasteiger partial charge in [0.25, 0.3) is 0 Å². The Kier molecular flexibility index (Phi) is 2.48. The van der Waals surface area contributed by atoms with Crippen molar-refractivity contribution < 1.29 is 9.53 Å². The summed E-state index contributed by atoms with van der Waals surface area (Å²) in [6.45, 7) is 4.66. The minimum atomic E-state index is -0.272. The summed E-state index contributed by atoms with van der Waals surface area (Å²) >= 11 is 0. The molecule has 0 saturated carbocycles. The second-order valence-corrected chi connectivity index (χ2v) is 2.40. The number of carbonyl (C=O) groups is 1. The van der Waals surface area contributed by atoms with Crippen molar-refractivity contribution in [2.24, 2.45) is 0 Å². The van der Waals surface area contributed by atoms with Crippen LogP contribution in [-0.4, -0.2) is 37.4 Å². The van der Waals surface area contributed by atoms with Crippen molar-refractivity contribution in [2.45, 2.75) is 6.17 Å². The number of hydrogen-bond donors (Lipinski definition) is 1. The molecule has 1 aliphatic heterocycles. The van der Waals surface area contributed by atoms with Crippen molar-refractivity contribution in [3.63, 3.8) is 0 Å². The molecule has 62 valence electrons. The second-order valence-electron chi connectivity index (χ2n) is 2.40. The Labute approximate surface area is 65.8 Å². The third-order valence-corrected chi connectivity index (χ3v) is 1.62. The first-order chi connectivity index (χ1) is 5.25. The van der Waals surface area contributed by atoms with Crippen molar-refractivity contribution in [1.82, 2.24) is 10.2 Å². The Morgan fingerprint density at radius 1 is 2.00 bits per heavy atom. The maximum atomic E-state index is 10.8. The molecule has 1 saturated heterocycles. The highest BCUT2D eigenvalue weighted by molar-refractivity contribution is 5.69. The van der Waals surface area contributed by atoms with Gasteiger partial charge < -0.3 is 4.74 Å². The van der Waals surface area contributed by atoms with Crippen LogP contribution in [0.1, 0.15) is 0 Å². The van der Waals surface area contributed by atoms with E-state index in [1.54, 1.807) is 13.1 Å². The van der Waals surface area contributed by atoms with Gasteiger partial charge in [0.2, 0.25) is 0 Å². The minimum Gasteiger partial charge on any atom is -0.446 e. The number of carbonyl (C=O) groups excluding carboxylic acids is 1. The van der Waals surface area contributed by atoms with Gasteiger partial charge in [-0.05, 0) is 0 Å². The fourth-order valence-corrected chi connectivity index (χ4v) is 0.906. The molecule has 1 N–H and O–H groups in total. The number of amides is 1.